The first kappa shape index (κ1) is 17.2. The second kappa shape index (κ2) is 7.51. The highest BCUT2D eigenvalue weighted by Crippen LogP contribution is 2.32. The van der Waals surface area contributed by atoms with Gasteiger partial charge in [-0.2, -0.15) is 0 Å². The SMILES string of the molecule is CCc1ccc(C2CCCCCN2C(=O)c2ccc([N+](=O)[O-])cc2)o1. The first-order chi connectivity index (χ1) is 12.1. The van der Waals surface area contributed by atoms with Gasteiger partial charge in [0, 0.05) is 30.7 Å². The van der Waals surface area contributed by atoms with Crippen molar-refractivity contribution in [3.05, 3.63) is 63.6 Å². The molecule has 3 rings (SSSR count). The van der Waals surface area contributed by atoms with Crippen molar-refractivity contribution in [1.29, 1.82) is 0 Å². The van der Waals surface area contributed by atoms with Crippen molar-refractivity contribution < 1.29 is 14.1 Å². The first-order valence-electron chi connectivity index (χ1n) is 8.74. The van der Waals surface area contributed by atoms with Gasteiger partial charge in [-0.3, -0.25) is 14.9 Å². The predicted octanol–water partition coefficient (Wildman–Crippen LogP) is 4.51. The van der Waals surface area contributed by atoms with Crippen molar-refractivity contribution in [3.8, 4) is 0 Å². The predicted molar refractivity (Wildman–Crippen MR) is 93.4 cm³/mol. The number of hydrogen-bond acceptors (Lipinski definition) is 4. The summed E-state index contributed by atoms with van der Waals surface area (Å²) in [6.07, 6.45) is 4.79. The second-order valence-electron chi connectivity index (χ2n) is 6.33. The Bertz CT molecular complexity index is 751. The minimum Gasteiger partial charge on any atom is -0.464 e. The van der Waals surface area contributed by atoms with E-state index >= 15 is 0 Å². The highest BCUT2D eigenvalue weighted by atomic mass is 16.6. The van der Waals surface area contributed by atoms with Crippen molar-refractivity contribution >= 4 is 11.6 Å². The number of nitrogens with zero attached hydrogens (tertiary/aromatic N) is 2. The van der Waals surface area contributed by atoms with Gasteiger partial charge in [0.05, 0.1) is 11.0 Å². The lowest BCUT2D eigenvalue weighted by Gasteiger charge is -2.28. The molecule has 6 nitrogen and oxygen atoms in total. The lowest BCUT2D eigenvalue weighted by Crippen LogP contribution is -2.34. The Kier molecular flexibility index (Phi) is 5.16. The third-order valence-corrected chi connectivity index (χ3v) is 4.70. The Morgan fingerprint density at radius 1 is 1.20 bits per heavy atom. The number of nitro benzene ring substituents is 1. The van der Waals surface area contributed by atoms with Crippen LogP contribution in [0.15, 0.2) is 40.8 Å². The normalized spacial score (nSPS) is 18.0. The Labute approximate surface area is 146 Å². The van der Waals surface area contributed by atoms with E-state index in [1.807, 2.05) is 24.0 Å². The number of non-ortho nitro benzene ring substituents is 1. The molecule has 0 saturated carbocycles. The molecule has 2 heterocycles. The smallest absolute Gasteiger partial charge is 0.269 e. The van der Waals surface area contributed by atoms with Gasteiger partial charge in [-0.05, 0) is 37.1 Å². The van der Waals surface area contributed by atoms with Crippen LogP contribution in [0.1, 0.15) is 60.5 Å². The minimum absolute atomic E-state index is 0.0115. The Morgan fingerprint density at radius 2 is 1.96 bits per heavy atom. The average Bonchev–Trinajstić information content (AvgIpc) is 2.98. The summed E-state index contributed by atoms with van der Waals surface area (Å²) < 4.78 is 5.91. The summed E-state index contributed by atoms with van der Waals surface area (Å²) in [5.41, 5.74) is 0.461. The zero-order chi connectivity index (χ0) is 17.8. The molecular formula is C19H22N2O4. The number of benzene rings is 1. The largest absolute Gasteiger partial charge is 0.464 e. The standard InChI is InChI=1S/C19H22N2O4/c1-2-16-11-12-18(25-16)17-6-4-3-5-13-20(17)19(22)14-7-9-15(10-8-14)21(23)24/h7-12,17H,2-6,13H2,1H3. The van der Waals surface area contributed by atoms with Crippen LogP contribution in [0.4, 0.5) is 5.69 Å². The summed E-state index contributed by atoms with van der Waals surface area (Å²) in [5.74, 6) is 1.65. The fraction of sp³-hybridized carbons (Fsp3) is 0.421. The fourth-order valence-electron chi connectivity index (χ4n) is 3.30. The van der Waals surface area contributed by atoms with Crippen LogP contribution in [-0.2, 0) is 6.42 Å². The molecule has 0 bridgehead atoms. The van der Waals surface area contributed by atoms with Gasteiger partial charge >= 0.3 is 0 Å². The van der Waals surface area contributed by atoms with Crippen molar-refractivity contribution in [3.63, 3.8) is 0 Å². The second-order valence-corrected chi connectivity index (χ2v) is 6.33. The van der Waals surface area contributed by atoms with Crippen molar-refractivity contribution in [2.24, 2.45) is 0 Å². The summed E-state index contributed by atoms with van der Waals surface area (Å²) in [6.45, 7) is 2.71. The van der Waals surface area contributed by atoms with Crippen LogP contribution in [0.25, 0.3) is 0 Å². The molecule has 1 aromatic heterocycles. The van der Waals surface area contributed by atoms with Crippen LogP contribution in [0, 0.1) is 10.1 Å². The van der Waals surface area contributed by atoms with Crippen LogP contribution < -0.4 is 0 Å². The molecule has 1 amide bonds. The number of hydrogen-bond donors (Lipinski definition) is 0. The quantitative estimate of drug-likeness (QED) is 0.605. The summed E-state index contributed by atoms with van der Waals surface area (Å²) >= 11 is 0. The Morgan fingerprint density at radius 3 is 2.60 bits per heavy atom. The van der Waals surface area contributed by atoms with Crippen molar-refractivity contribution in [2.45, 2.75) is 45.1 Å². The minimum atomic E-state index is -0.460. The van der Waals surface area contributed by atoms with E-state index in [1.54, 1.807) is 0 Å². The monoisotopic (exact) mass is 342 g/mol. The molecule has 0 aliphatic carbocycles. The number of nitro groups is 1. The summed E-state index contributed by atoms with van der Waals surface area (Å²) in [7, 11) is 0. The van der Waals surface area contributed by atoms with Gasteiger partial charge in [0.2, 0.25) is 0 Å². The Balaban J connectivity index is 1.87. The van der Waals surface area contributed by atoms with Gasteiger partial charge in [0.15, 0.2) is 0 Å². The van der Waals surface area contributed by atoms with Gasteiger partial charge in [0.25, 0.3) is 11.6 Å². The molecule has 0 spiro atoms. The third kappa shape index (κ3) is 3.73. The highest BCUT2D eigenvalue weighted by Gasteiger charge is 2.29. The van der Waals surface area contributed by atoms with Crippen LogP contribution in [-0.4, -0.2) is 22.3 Å². The van der Waals surface area contributed by atoms with Crippen LogP contribution in [0.2, 0.25) is 0 Å². The van der Waals surface area contributed by atoms with Crippen molar-refractivity contribution in [1.82, 2.24) is 4.90 Å². The molecule has 6 heteroatoms. The zero-order valence-electron chi connectivity index (χ0n) is 14.3. The molecule has 1 saturated heterocycles. The lowest BCUT2D eigenvalue weighted by molar-refractivity contribution is -0.384. The van der Waals surface area contributed by atoms with Crippen LogP contribution >= 0.6 is 0 Å². The van der Waals surface area contributed by atoms with E-state index in [1.165, 1.54) is 24.3 Å². The molecule has 1 fully saturated rings. The van der Waals surface area contributed by atoms with Gasteiger partial charge in [-0.15, -0.1) is 0 Å². The lowest BCUT2D eigenvalue weighted by atomic mass is 10.1. The van der Waals surface area contributed by atoms with E-state index < -0.39 is 4.92 Å². The molecule has 1 aliphatic heterocycles. The van der Waals surface area contributed by atoms with Crippen molar-refractivity contribution in [2.75, 3.05) is 6.54 Å². The summed E-state index contributed by atoms with van der Waals surface area (Å²) in [6, 6.07) is 9.67. The molecule has 2 aromatic rings. The highest BCUT2D eigenvalue weighted by molar-refractivity contribution is 5.94. The molecular weight excluding hydrogens is 320 g/mol. The fourth-order valence-corrected chi connectivity index (χ4v) is 3.30. The number of carbonyl (C=O) groups excluding carboxylic acids is 1. The maximum Gasteiger partial charge on any atom is 0.269 e. The van der Waals surface area contributed by atoms with E-state index in [-0.39, 0.29) is 17.6 Å². The molecule has 25 heavy (non-hydrogen) atoms. The van der Waals surface area contributed by atoms with Gasteiger partial charge in [-0.1, -0.05) is 19.8 Å². The van der Waals surface area contributed by atoms with Gasteiger partial charge in [0.1, 0.15) is 11.5 Å². The van der Waals surface area contributed by atoms with Gasteiger partial charge in [-0.25, -0.2) is 0 Å². The molecule has 1 unspecified atom stereocenters. The van der Waals surface area contributed by atoms with E-state index in [2.05, 4.69) is 0 Å². The number of amides is 1. The molecule has 1 aliphatic rings. The zero-order valence-corrected chi connectivity index (χ0v) is 14.3. The van der Waals surface area contributed by atoms with E-state index in [0.717, 1.165) is 43.6 Å². The number of carbonyl (C=O) groups is 1. The maximum absolute atomic E-state index is 13.0. The van der Waals surface area contributed by atoms with E-state index in [0.29, 0.717) is 12.1 Å². The van der Waals surface area contributed by atoms with Gasteiger partial charge < -0.3 is 9.32 Å². The van der Waals surface area contributed by atoms with Crippen LogP contribution in [0.5, 0.6) is 0 Å². The molecule has 132 valence electrons. The van der Waals surface area contributed by atoms with E-state index in [9.17, 15) is 14.9 Å². The molecule has 0 N–H and O–H groups in total. The molecule has 1 atom stereocenters. The summed E-state index contributed by atoms with van der Waals surface area (Å²) in [4.78, 5) is 25.2. The number of furan rings is 1. The maximum atomic E-state index is 13.0. The third-order valence-electron chi connectivity index (χ3n) is 4.70. The number of likely N-dealkylation sites (tertiary alicyclic amines) is 1. The topological polar surface area (TPSA) is 76.6 Å². The first-order valence-corrected chi connectivity index (χ1v) is 8.74. The number of aryl methyl sites for hydroxylation is 1. The summed E-state index contributed by atoms with van der Waals surface area (Å²) in [5, 5.41) is 10.8. The molecule has 0 radical (unpaired) electrons. The number of rotatable bonds is 4. The molecule has 1 aromatic carbocycles. The average molecular weight is 342 g/mol. The Hall–Kier alpha value is -2.63. The van der Waals surface area contributed by atoms with Crippen LogP contribution in [0.3, 0.4) is 0 Å². The van der Waals surface area contributed by atoms with E-state index in [4.69, 9.17) is 4.42 Å².